The van der Waals surface area contributed by atoms with Crippen molar-refractivity contribution in [1.29, 1.82) is 0 Å². The fourth-order valence-corrected chi connectivity index (χ4v) is 2.61. The van der Waals surface area contributed by atoms with E-state index in [0.717, 1.165) is 0 Å². The molecule has 0 aromatic heterocycles. The van der Waals surface area contributed by atoms with Gasteiger partial charge in [0.2, 0.25) is 6.04 Å². The molecule has 0 saturated carbocycles. The first kappa shape index (κ1) is 11.5. The van der Waals surface area contributed by atoms with E-state index in [0.29, 0.717) is 11.0 Å². The van der Waals surface area contributed by atoms with E-state index in [1.807, 2.05) is 13.8 Å². The molecule has 1 aliphatic rings. The summed E-state index contributed by atoms with van der Waals surface area (Å²) in [5.74, 6) is 0.274. The molecule has 0 N–H and O–H groups in total. The van der Waals surface area contributed by atoms with Gasteiger partial charge in [0.15, 0.2) is 0 Å². The Morgan fingerprint density at radius 1 is 1.64 bits per heavy atom. The van der Waals surface area contributed by atoms with E-state index < -0.39 is 6.04 Å². The lowest BCUT2D eigenvalue weighted by molar-refractivity contribution is -0.519. The molecule has 0 radical (unpaired) electrons. The quantitative estimate of drug-likeness (QED) is 0.527. The maximum atomic E-state index is 10.8. The van der Waals surface area contributed by atoms with Gasteiger partial charge in [0, 0.05) is 27.4 Å². The Bertz CT molecular complexity index is 288. The maximum absolute atomic E-state index is 10.8. The monoisotopic (exact) mass is 217 g/mol. The lowest BCUT2D eigenvalue weighted by Crippen LogP contribution is -2.35. The highest BCUT2D eigenvalue weighted by atomic mass is 35.5. The predicted octanol–water partition coefficient (Wildman–Crippen LogP) is 3.07. The van der Waals surface area contributed by atoms with Crippen LogP contribution in [-0.2, 0) is 0 Å². The number of allylic oxidation sites excluding steroid dienone is 1. The molecule has 1 aliphatic carbocycles. The third-order valence-electron chi connectivity index (χ3n) is 3.73. The van der Waals surface area contributed by atoms with Crippen molar-refractivity contribution >= 4 is 11.6 Å². The highest BCUT2D eigenvalue weighted by Crippen LogP contribution is 2.51. The van der Waals surface area contributed by atoms with Gasteiger partial charge < -0.3 is 0 Å². The molecule has 0 aromatic rings. The van der Waals surface area contributed by atoms with Gasteiger partial charge in [0.25, 0.3) is 0 Å². The Kier molecular flexibility index (Phi) is 2.91. The Morgan fingerprint density at radius 3 is 2.36 bits per heavy atom. The summed E-state index contributed by atoms with van der Waals surface area (Å²) in [6.45, 7) is 8.01. The molecule has 0 spiro atoms. The number of hydrogen-bond acceptors (Lipinski definition) is 2. The van der Waals surface area contributed by atoms with E-state index in [9.17, 15) is 10.1 Å². The molecule has 0 aliphatic heterocycles. The minimum absolute atomic E-state index is 0.0370. The van der Waals surface area contributed by atoms with E-state index in [1.54, 1.807) is 6.08 Å². The standard InChI is InChI=1S/C10H16ClNO2/c1-6(2)10(4)7(3)8(12(13)14)5-9(10)11/h5-8H,1-4H3/t7?,8?,10-/m0/s1. The van der Waals surface area contributed by atoms with Crippen molar-refractivity contribution in [2.24, 2.45) is 17.3 Å². The second-order valence-electron chi connectivity index (χ2n) is 4.52. The van der Waals surface area contributed by atoms with Crippen molar-refractivity contribution < 1.29 is 4.92 Å². The summed E-state index contributed by atoms with van der Waals surface area (Å²) in [5, 5.41) is 11.4. The molecule has 2 unspecified atom stereocenters. The molecule has 0 saturated heterocycles. The smallest absolute Gasteiger partial charge is 0.236 e. The Labute approximate surface area is 89.3 Å². The zero-order chi connectivity index (χ0) is 11.1. The molecule has 0 heterocycles. The molecule has 14 heavy (non-hydrogen) atoms. The van der Waals surface area contributed by atoms with Crippen LogP contribution in [0.4, 0.5) is 0 Å². The molecular weight excluding hydrogens is 202 g/mol. The molecule has 3 nitrogen and oxygen atoms in total. The summed E-state index contributed by atoms with van der Waals surface area (Å²) in [7, 11) is 0. The van der Waals surface area contributed by atoms with Gasteiger partial charge in [-0.3, -0.25) is 10.1 Å². The second-order valence-corrected chi connectivity index (χ2v) is 4.92. The maximum Gasteiger partial charge on any atom is 0.236 e. The number of halogens is 1. The first-order valence-electron chi connectivity index (χ1n) is 4.83. The third-order valence-corrected chi connectivity index (χ3v) is 4.27. The van der Waals surface area contributed by atoms with E-state index in [1.165, 1.54) is 0 Å². The molecule has 1 rings (SSSR count). The van der Waals surface area contributed by atoms with Crippen LogP contribution in [-0.4, -0.2) is 11.0 Å². The van der Waals surface area contributed by atoms with Crippen molar-refractivity contribution in [2.45, 2.75) is 33.7 Å². The highest BCUT2D eigenvalue weighted by Gasteiger charge is 2.50. The molecule has 0 aromatic carbocycles. The summed E-state index contributed by atoms with van der Waals surface area (Å²) in [5.41, 5.74) is -0.251. The van der Waals surface area contributed by atoms with Crippen LogP contribution in [0.3, 0.4) is 0 Å². The number of nitrogens with zero attached hydrogens (tertiary/aromatic N) is 1. The van der Waals surface area contributed by atoms with E-state index >= 15 is 0 Å². The van der Waals surface area contributed by atoms with Gasteiger partial charge in [0.05, 0.1) is 0 Å². The molecule has 80 valence electrons. The normalized spacial score (nSPS) is 37.4. The van der Waals surface area contributed by atoms with Gasteiger partial charge in [-0.15, -0.1) is 0 Å². The first-order valence-corrected chi connectivity index (χ1v) is 5.21. The van der Waals surface area contributed by atoms with Crippen LogP contribution in [0.1, 0.15) is 27.7 Å². The second kappa shape index (κ2) is 3.54. The van der Waals surface area contributed by atoms with Crippen LogP contribution in [0.15, 0.2) is 11.1 Å². The number of hydrogen-bond donors (Lipinski definition) is 0. The van der Waals surface area contributed by atoms with Crippen LogP contribution < -0.4 is 0 Å². The molecular formula is C10H16ClNO2. The fourth-order valence-electron chi connectivity index (χ4n) is 2.09. The summed E-state index contributed by atoms with van der Waals surface area (Å²) >= 11 is 6.10. The number of nitro groups is 1. The lowest BCUT2D eigenvalue weighted by Gasteiger charge is -2.34. The van der Waals surface area contributed by atoms with Gasteiger partial charge >= 0.3 is 0 Å². The first-order chi connectivity index (χ1) is 6.31. The van der Waals surface area contributed by atoms with Crippen molar-refractivity contribution in [3.05, 3.63) is 21.2 Å². The largest absolute Gasteiger partial charge is 0.264 e. The topological polar surface area (TPSA) is 43.1 Å². The summed E-state index contributed by atoms with van der Waals surface area (Å²) in [6.07, 6.45) is 1.59. The third kappa shape index (κ3) is 1.44. The van der Waals surface area contributed by atoms with Gasteiger partial charge in [-0.1, -0.05) is 39.3 Å². The van der Waals surface area contributed by atoms with Crippen molar-refractivity contribution in [3.63, 3.8) is 0 Å². The highest BCUT2D eigenvalue weighted by molar-refractivity contribution is 6.30. The summed E-state index contributed by atoms with van der Waals surface area (Å²) in [4.78, 5) is 10.5. The average molecular weight is 218 g/mol. The van der Waals surface area contributed by atoms with Crippen molar-refractivity contribution in [1.82, 2.24) is 0 Å². The lowest BCUT2D eigenvalue weighted by atomic mass is 9.71. The summed E-state index contributed by atoms with van der Waals surface area (Å²) < 4.78 is 0. The van der Waals surface area contributed by atoms with Gasteiger partial charge in [-0.25, -0.2) is 0 Å². The molecule has 0 bridgehead atoms. The van der Waals surface area contributed by atoms with E-state index in [-0.39, 0.29) is 16.3 Å². The van der Waals surface area contributed by atoms with Gasteiger partial charge in [0.1, 0.15) is 0 Å². The zero-order valence-corrected chi connectivity index (χ0v) is 9.71. The predicted molar refractivity (Wildman–Crippen MR) is 56.8 cm³/mol. The van der Waals surface area contributed by atoms with Crippen LogP contribution in [0, 0.1) is 27.4 Å². The Morgan fingerprint density at radius 2 is 2.14 bits per heavy atom. The molecule has 3 atom stereocenters. The Balaban J connectivity index is 3.06. The van der Waals surface area contributed by atoms with Crippen molar-refractivity contribution in [3.8, 4) is 0 Å². The van der Waals surface area contributed by atoms with E-state index in [4.69, 9.17) is 11.6 Å². The van der Waals surface area contributed by atoms with Crippen molar-refractivity contribution in [2.75, 3.05) is 0 Å². The summed E-state index contributed by atoms with van der Waals surface area (Å²) in [6, 6.07) is -0.630. The van der Waals surface area contributed by atoms with Crippen LogP contribution in [0.25, 0.3) is 0 Å². The SMILES string of the molecule is CC(C)[C@]1(C)C(Cl)=CC([N+](=O)[O-])C1C. The molecule has 0 amide bonds. The van der Waals surface area contributed by atoms with Crippen LogP contribution >= 0.6 is 11.6 Å². The molecule has 4 heteroatoms. The van der Waals surface area contributed by atoms with Crippen LogP contribution in [0.2, 0.25) is 0 Å². The fraction of sp³-hybridized carbons (Fsp3) is 0.800. The minimum atomic E-state index is -0.630. The number of rotatable bonds is 2. The molecule has 0 fully saturated rings. The minimum Gasteiger partial charge on any atom is -0.264 e. The van der Waals surface area contributed by atoms with Gasteiger partial charge in [-0.2, -0.15) is 0 Å². The average Bonchev–Trinajstić information content (AvgIpc) is 2.30. The van der Waals surface area contributed by atoms with Gasteiger partial charge in [-0.05, 0) is 5.92 Å². The Hall–Kier alpha value is -0.570. The van der Waals surface area contributed by atoms with E-state index in [2.05, 4.69) is 13.8 Å². The zero-order valence-electron chi connectivity index (χ0n) is 8.95. The van der Waals surface area contributed by atoms with Crippen LogP contribution in [0.5, 0.6) is 0 Å².